The summed E-state index contributed by atoms with van der Waals surface area (Å²) in [5.41, 5.74) is 2.89. The van der Waals surface area contributed by atoms with Crippen LogP contribution in [0.4, 0.5) is 0 Å². The van der Waals surface area contributed by atoms with Gasteiger partial charge in [-0.25, -0.2) is 0 Å². The zero-order valence-electron chi connectivity index (χ0n) is 9.37. The van der Waals surface area contributed by atoms with Crippen molar-refractivity contribution in [3.8, 4) is 0 Å². The Morgan fingerprint density at radius 2 is 2.20 bits per heavy atom. The van der Waals surface area contributed by atoms with E-state index < -0.39 is 0 Å². The summed E-state index contributed by atoms with van der Waals surface area (Å²) in [6.07, 6.45) is 3.99. The maximum atomic E-state index is 4.74. The van der Waals surface area contributed by atoms with Crippen molar-refractivity contribution in [1.82, 2.24) is 9.88 Å². The molecule has 0 saturated carbocycles. The van der Waals surface area contributed by atoms with Gasteiger partial charge < -0.3 is 4.90 Å². The van der Waals surface area contributed by atoms with Crippen LogP contribution in [0.2, 0.25) is 0 Å². The van der Waals surface area contributed by atoms with Crippen LogP contribution in [0.3, 0.4) is 0 Å². The van der Waals surface area contributed by atoms with Crippen LogP contribution in [0.5, 0.6) is 0 Å². The third-order valence-corrected chi connectivity index (χ3v) is 3.99. The molecule has 2 atom stereocenters. The van der Waals surface area contributed by atoms with Gasteiger partial charge >= 0.3 is 0 Å². The second-order valence-corrected chi connectivity index (χ2v) is 5.07. The molecule has 2 saturated heterocycles. The highest BCUT2D eigenvalue weighted by molar-refractivity contribution is 5.23. The van der Waals surface area contributed by atoms with Gasteiger partial charge in [0.25, 0.3) is 0 Å². The zero-order valence-corrected chi connectivity index (χ0v) is 9.37. The van der Waals surface area contributed by atoms with Crippen LogP contribution in [0.1, 0.15) is 30.7 Å². The number of aryl methyl sites for hydroxylation is 1. The average Bonchev–Trinajstić information content (AvgIpc) is 2.56. The highest BCUT2D eigenvalue weighted by Crippen LogP contribution is 2.41. The molecule has 2 fully saturated rings. The molecule has 2 heteroatoms. The summed E-state index contributed by atoms with van der Waals surface area (Å²) in [6, 6.07) is 6.47. The maximum Gasteiger partial charge on any atom is 0.0481 e. The lowest BCUT2D eigenvalue weighted by Crippen LogP contribution is -2.37. The summed E-state index contributed by atoms with van der Waals surface area (Å²) in [5, 5.41) is 0. The quantitative estimate of drug-likeness (QED) is 0.693. The van der Waals surface area contributed by atoms with Crippen LogP contribution in [-0.4, -0.2) is 29.5 Å². The monoisotopic (exact) mass is 202 g/mol. The zero-order chi connectivity index (χ0) is 10.3. The van der Waals surface area contributed by atoms with Crippen molar-refractivity contribution in [1.29, 1.82) is 0 Å². The molecule has 1 aromatic heterocycles. The molecule has 3 heterocycles. The van der Waals surface area contributed by atoms with Crippen molar-refractivity contribution in [3.63, 3.8) is 0 Å². The molecule has 2 bridgehead atoms. The van der Waals surface area contributed by atoms with Gasteiger partial charge in [-0.3, -0.25) is 4.98 Å². The number of piperidine rings is 1. The van der Waals surface area contributed by atoms with Crippen LogP contribution in [0.25, 0.3) is 0 Å². The van der Waals surface area contributed by atoms with E-state index in [2.05, 4.69) is 30.0 Å². The Labute approximate surface area is 91.3 Å². The number of aromatic nitrogens is 1. The number of fused-ring (bicyclic) bond motifs is 2. The Bertz CT molecular complexity index is 371. The van der Waals surface area contributed by atoms with Gasteiger partial charge in [0.2, 0.25) is 0 Å². The van der Waals surface area contributed by atoms with E-state index in [9.17, 15) is 0 Å². The Hall–Kier alpha value is -0.890. The first-order valence-corrected chi connectivity index (χ1v) is 5.95. The summed E-state index contributed by atoms with van der Waals surface area (Å²) in [6.45, 7) is 5.91. The fourth-order valence-electron chi connectivity index (χ4n) is 3.17. The number of pyridine rings is 1. The Morgan fingerprint density at radius 3 is 3.07 bits per heavy atom. The molecule has 0 radical (unpaired) electrons. The summed E-state index contributed by atoms with van der Waals surface area (Å²) in [5.74, 6) is 0. The molecule has 1 aromatic rings. The van der Waals surface area contributed by atoms with E-state index in [1.54, 1.807) is 0 Å². The van der Waals surface area contributed by atoms with Crippen molar-refractivity contribution in [2.75, 3.05) is 19.6 Å². The minimum atomic E-state index is 0.393. The highest BCUT2D eigenvalue weighted by atomic mass is 15.2. The fourth-order valence-corrected chi connectivity index (χ4v) is 3.17. The third kappa shape index (κ3) is 1.48. The van der Waals surface area contributed by atoms with Gasteiger partial charge in [0.05, 0.1) is 0 Å². The van der Waals surface area contributed by atoms with E-state index in [1.807, 2.05) is 0 Å². The molecule has 2 unspecified atom stereocenters. The van der Waals surface area contributed by atoms with E-state index in [0.29, 0.717) is 5.41 Å². The van der Waals surface area contributed by atoms with Crippen molar-refractivity contribution in [2.24, 2.45) is 0 Å². The van der Waals surface area contributed by atoms with Gasteiger partial charge in [-0.2, -0.15) is 0 Å². The van der Waals surface area contributed by atoms with Gasteiger partial charge in [0.15, 0.2) is 0 Å². The second kappa shape index (κ2) is 3.31. The van der Waals surface area contributed by atoms with E-state index in [-0.39, 0.29) is 0 Å². The molecule has 0 spiro atoms. The molecule has 0 N–H and O–H groups in total. The highest BCUT2D eigenvalue weighted by Gasteiger charge is 2.42. The molecular weight excluding hydrogens is 184 g/mol. The molecule has 2 aliphatic heterocycles. The van der Waals surface area contributed by atoms with E-state index in [0.717, 1.165) is 5.69 Å². The van der Waals surface area contributed by atoms with Crippen LogP contribution < -0.4 is 0 Å². The maximum absolute atomic E-state index is 4.74. The number of hydrogen-bond donors (Lipinski definition) is 0. The van der Waals surface area contributed by atoms with E-state index >= 15 is 0 Å². The second-order valence-electron chi connectivity index (χ2n) is 5.07. The topological polar surface area (TPSA) is 16.1 Å². The first kappa shape index (κ1) is 9.34. The molecule has 0 aliphatic carbocycles. The van der Waals surface area contributed by atoms with Crippen LogP contribution >= 0.6 is 0 Å². The Kier molecular flexibility index (Phi) is 2.06. The molecular formula is C13H18N2. The molecule has 15 heavy (non-hydrogen) atoms. The van der Waals surface area contributed by atoms with Gasteiger partial charge in [0.1, 0.15) is 0 Å². The summed E-state index contributed by atoms with van der Waals surface area (Å²) in [7, 11) is 0. The smallest absolute Gasteiger partial charge is 0.0481 e. The summed E-state index contributed by atoms with van der Waals surface area (Å²) < 4.78 is 0. The lowest BCUT2D eigenvalue weighted by atomic mass is 9.78. The van der Waals surface area contributed by atoms with Gasteiger partial charge in [-0.05, 0) is 51.4 Å². The lowest BCUT2D eigenvalue weighted by molar-refractivity contribution is 0.240. The Balaban J connectivity index is 1.98. The molecule has 80 valence electrons. The Morgan fingerprint density at radius 1 is 1.27 bits per heavy atom. The lowest BCUT2D eigenvalue weighted by Gasteiger charge is -2.33. The minimum absolute atomic E-state index is 0.393. The molecule has 2 aliphatic rings. The predicted octanol–water partition coefficient (Wildman–Crippen LogP) is 2.13. The van der Waals surface area contributed by atoms with Crippen molar-refractivity contribution < 1.29 is 0 Å². The van der Waals surface area contributed by atoms with Crippen LogP contribution in [-0.2, 0) is 5.41 Å². The molecule has 3 rings (SSSR count). The summed E-state index contributed by atoms with van der Waals surface area (Å²) >= 11 is 0. The number of hydrogen-bond acceptors (Lipinski definition) is 2. The van der Waals surface area contributed by atoms with E-state index in [4.69, 9.17) is 4.98 Å². The summed E-state index contributed by atoms with van der Waals surface area (Å²) in [4.78, 5) is 7.33. The normalized spacial score (nSPS) is 34.3. The molecule has 0 amide bonds. The van der Waals surface area contributed by atoms with Crippen molar-refractivity contribution >= 4 is 0 Å². The first-order valence-electron chi connectivity index (χ1n) is 5.95. The van der Waals surface area contributed by atoms with Crippen molar-refractivity contribution in [3.05, 3.63) is 29.6 Å². The molecule has 0 aromatic carbocycles. The van der Waals surface area contributed by atoms with Crippen LogP contribution in [0.15, 0.2) is 18.2 Å². The van der Waals surface area contributed by atoms with Crippen molar-refractivity contribution in [2.45, 2.75) is 31.6 Å². The van der Waals surface area contributed by atoms with Gasteiger partial charge in [-0.1, -0.05) is 6.07 Å². The predicted molar refractivity (Wildman–Crippen MR) is 60.9 cm³/mol. The third-order valence-electron chi connectivity index (χ3n) is 3.99. The SMILES string of the molecule is Cc1cccc(C23CCCN(CC2)C3)n1. The molecule has 2 nitrogen and oxygen atoms in total. The van der Waals surface area contributed by atoms with Gasteiger partial charge in [-0.15, -0.1) is 0 Å². The first-order chi connectivity index (χ1) is 7.28. The van der Waals surface area contributed by atoms with E-state index in [1.165, 1.54) is 44.6 Å². The average molecular weight is 202 g/mol. The number of nitrogens with zero attached hydrogens (tertiary/aromatic N) is 2. The largest absolute Gasteiger partial charge is 0.302 e. The van der Waals surface area contributed by atoms with Gasteiger partial charge in [0, 0.05) is 23.3 Å². The van der Waals surface area contributed by atoms with Crippen LogP contribution in [0, 0.1) is 6.92 Å². The minimum Gasteiger partial charge on any atom is -0.302 e. The standard InChI is InChI=1S/C13H18N2/c1-11-4-2-5-12(14-11)13-6-3-8-15(10-13)9-7-13/h2,4-5H,3,6-10H2,1H3. The number of rotatable bonds is 1. The fraction of sp³-hybridized carbons (Fsp3) is 0.615.